The van der Waals surface area contributed by atoms with Crippen LogP contribution in [-0.2, 0) is 19.6 Å². The Kier molecular flexibility index (Phi) is 9.07. The van der Waals surface area contributed by atoms with Gasteiger partial charge in [-0.2, -0.15) is 0 Å². The molecule has 1 fully saturated rings. The maximum atomic E-state index is 13.2. The Morgan fingerprint density at radius 3 is 2.54 bits per heavy atom. The molecule has 11 heteroatoms. The van der Waals surface area contributed by atoms with E-state index >= 15 is 0 Å². The zero-order chi connectivity index (χ0) is 25.4. The summed E-state index contributed by atoms with van der Waals surface area (Å²) in [7, 11) is -0.827. The van der Waals surface area contributed by atoms with Gasteiger partial charge in [0.25, 0.3) is 15.9 Å². The van der Waals surface area contributed by atoms with E-state index < -0.39 is 15.9 Å². The molecule has 3 rings (SSSR count). The highest BCUT2D eigenvalue weighted by molar-refractivity contribution is 7.92. The van der Waals surface area contributed by atoms with Crippen molar-refractivity contribution in [2.24, 2.45) is 0 Å². The molecular formula is C24H33N5O5S. The molecule has 0 unspecified atom stereocenters. The first kappa shape index (κ1) is 26.5. The first-order valence-corrected chi connectivity index (χ1v) is 12.9. The molecule has 0 aliphatic carbocycles. The Bertz CT molecular complexity index is 1150. The van der Waals surface area contributed by atoms with Gasteiger partial charge in [-0.1, -0.05) is 18.2 Å². The van der Waals surface area contributed by atoms with Gasteiger partial charge in [0.15, 0.2) is 0 Å². The van der Waals surface area contributed by atoms with Crippen LogP contribution in [0.3, 0.4) is 0 Å². The molecule has 35 heavy (non-hydrogen) atoms. The van der Waals surface area contributed by atoms with Crippen LogP contribution in [0.5, 0.6) is 0 Å². The summed E-state index contributed by atoms with van der Waals surface area (Å²) in [6, 6.07) is 11.7. The summed E-state index contributed by atoms with van der Waals surface area (Å²) < 4.78 is 34.1. The number of hydrogen-bond donors (Lipinski definition) is 3. The number of nitrogens with zero attached hydrogens (tertiary/aromatic N) is 2. The summed E-state index contributed by atoms with van der Waals surface area (Å²) in [5, 5.41) is 5.96. The summed E-state index contributed by atoms with van der Waals surface area (Å²) in [4.78, 5) is 28.7. The minimum atomic E-state index is -3.89. The number of amides is 2. The second-order valence-electron chi connectivity index (χ2n) is 8.34. The third-order valence-corrected chi connectivity index (χ3v) is 7.21. The number of rotatable bonds is 10. The Morgan fingerprint density at radius 1 is 1.14 bits per heavy atom. The van der Waals surface area contributed by atoms with Crippen LogP contribution in [0.25, 0.3) is 0 Å². The van der Waals surface area contributed by atoms with Crippen molar-refractivity contribution in [3.63, 3.8) is 0 Å². The molecule has 3 N–H and O–H groups in total. The van der Waals surface area contributed by atoms with Gasteiger partial charge in [0.1, 0.15) is 0 Å². The number of sulfonamides is 1. The van der Waals surface area contributed by atoms with Crippen LogP contribution >= 0.6 is 0 Å². The Hall–Kier alpha value is -3.15. The van der Waals surface area contributed by atoms with E-state index in [1.807, 2.05) is 0 Å². The van der Waals surface area contributed by atoms with Gasteiger partial charge in [-0.25, -0.2) is 8.42 Å². The molecule has 0 aromatic heterocycles. The summed E-state index contributed by atoms with van der Waals surface area (Å²) in [6.07, 6.45) is 0. The van der Waals surface area contributed by atoms with Crippen molar-refractivity contribution in [1.82, 2.24) is 15.5 Å². The van der Waals surface area contributed by atoms with Gasteiger partial charge in [0.05, 0.1) is 29.4 Å². The van der Waals surface area contributed by atoms with Gasteiger partial charge >= 0.3 is 0 Å². The number of ether oxygens (including phenoxy) is 1. The Labute approximate surface area is 206 Å². The average Bonchev–Trinajstić information content (AvgIpc) is 2.84. The second-order valence-corrected chi connectivity index (χ2v) is 9.99. The normalized spacial score (nSPS) is 13.9. The van der Waals surface area contributed by atoms with Crippen LogP contribution in [0.15, 0.2) is 47.4 Å². The number of benzene rings is 2. The lowest BCUT2D eigenvalue weighted by Gasteiger charge is -2.31. The molecule has 0 bridgehead atoms. The van der Waals surface area contributed by atoms with E-state index in [9.17, 15) is 18.0 Å². The van der Waals surface area contributed by atoms with Gasteiger partial charge < -0.3 is 25.2 Å². The highest BCUT2D eigenvalue weighted by atomic mass is 32.2. The average molecular weight is 504 g/mol. The van der Waals surface area contributed by atoms with Crippen molar-refractivity contribution in [1.29, 1.82) is 0 Å². The van der Waals surface area contributed by atoms with E-state index in [-0.39, 0.29) is 22.9 Å². The number of carbonyl (C=O) groups is 2. The van der Waals surface area contributed by atoms with Crippen LogP contribution in [-0.4, -0.2) is 85.2 Å². The molecule has 190 valence electrons. The van der Waals surface area contributed by atoms with Crippen LogP contribution < -0.4 is 20.3 Å². The smallest absolute Gasteiger partial charge is 0.262 e. The lowest BCUT2D eigenvalue weighted by Crippen LogP contribution is -2.44. The van der Waals surface area contributed by atoms with Gasteiger partial charge in [0.2, 0.25) is 5.91 Å². The third kappa shape index (κ3) is 6.93. The first-order chi connectivity index (χ1) is 16.7. The van der Waals surface area contributed by atoms with E-state index in [4.69, 9.17) is 4.74 Å². The molecule has 1 saturated heterocycles. The lowest BCUT2D eigenvalue weighted by molar-refractivity contribution is -0.121. The molecule has 1 heterocycles. The summed E-state index contributed by atoms with van der Waals surface area (Å²) >= 11 is 0. The third-order valence-electron chi connectivity index (χ3n) is 5.68. The number of hydrogen-bond acceptors (Lipinski definition) is 7. The lowest BCUT2D eigenvalue weighted by atomic mass is 10.1. The number of piperazine rings is 1. The molecule has 2 aromatic rings. The predicted molar refractivity (Wildman–Crippen MR) is 135 cm³/mol. The van der Waals surface area contributed by atoms with Crippen molar-refractivity contribution >= 4 is 33.2 Å². The first-order valence-electron chi connectivity index (χ1n) is 11.4. The van der Waals surface area contributed by atoms with Crippen molar-refractivity contribution < 1.29 is 22.7 Å². The van der Waals surface area contributed by atoms with E-state index in [0.29, 0.717) is 43.2 Å². The monoisotopic (exact) mass is 503 g/mol. The zero-order valence-corrected chi connectivity index (χ0v) is 21.2. The van der Waals surface area contributed by atoms with Crippen molar-refractivity contribution in [3.8, 4) is 0 Å². The van der Waals surface area contributed by atoms with Crippen molar-refractivity contribution in [2.75, 3.05) is 69.7 Å². The molecule has 0 atom stereocenters. The molecule has 0 saturated carbocycles. The van der Waals surface area contributed by atoms with Crippen LogP contribution in [0.4, 0.5) is 11.4 Å². The standard InChI is InChI=1S/C24H33N5O5S/c1-18-6-4-5-7-22(18)35(32,33)27-20-16-19(8-9-21(20)29-13-10-25-11-14-29)24(31)28(2)17-23(30)26-12-15-34-3/h4-9,16,25,27H,10-15,17H2,1-3H3,(H,26,30). The predicted octanol–water partition coefficient (Wildman–Crippen LogP) is 1.04. The zero-order valence-electron chi connectivity index (χ0n) is 20.3. The highest BCUT2D eigenvalue weighted by Crippen LogP contribution is 2.31. The maximum absolute atomic E-state index is 13.2. The molecule has 1 aliphatic heterocycles. The molecule has 10 nitrogen and oxygen atoms in total. The van der Waals surface area contributed by atoms with Crippen LogP contribution in [0.2, 0.25) is 0 Å². The molecule has 1 aliphatic rings. The van der Waals surface area contributed by atoms with Crippen LogP contribution in [0.1, 0.15) is 15.9 Å². The fourth-order valence-electron chi connectivity index (χ4n) is 3.85. The quantitative estimate of drug-likeness (QED) is 0.415. The fourth-order valence-corrected chi connectivity index (χ4v) is 5.16. The van der Waals surface area contributed by atoms with E-state index in [2.05, 4.69) is 20.3 Å². The van der Waals surface area contributed by atoms with Crippen LogP contribution in [0, 0.1) is 6.92 Å². The largest absolute Gasteiger partial charge is 0.383 e. The SMILES string of the molecule is COCCNC(=O)CN(C)C(=O)c1ccc(N2CCNCC2)c(NS(=O)(=O)c2ccccc2C)c1. The minimum Gasteiger partial charge on any atom is -0.383 e. The molecule has 0 spiro atoms. The number of methoxy groups -OCH3 is 1. The number of anilines is 2. The van der Waals surface area contributed by atoms with E-state index in [0.717, 1.165) is 13.1 Å². The maximum Gasteiger partial charge on any atom is 0.262 e. The molecule has 0 radical (unpaired) electrons. The topological polar surface area (TPSA) is 120 Å². The summed E-state index contributed by atoms with van der Waals surface area (Å²) in [6.45, 7) is 5.27. The van der Waals surface area contributed by atoms with Gasteiger partial charge in [0, 0.05) is 52.4 Å². The summed E-state index contributed by atoms with van der Waals surface area (Å²) in [5.41, 5.74) is 1.91. The number of aryl methyl sites for hydroxylation is 1. The van der Waals surface area contributed by atoms with Crippen molar-refractivity contribution in [3.05, 3.63) is 53.6 Å². The summed E-state index contributed by atoms with van der Waals surface area (Å²) in [5.74, 6) is -0.703. The van der Waals surface area contributed by atoms with Gasteiger partial charge in [-0.05, 0) is 36.8 Å². The second kappa shape index (κ2) is 12.0. The van der Waals surface area contributed by atoms with Crippen molar-refractivity contribution in [2.45, 2.75) is 11.8 Å². The molecule has 2 aromatic carbocycles. The molecular weight excluding hydrogens is 470 g/mol. The number of carbonyl (C=O) groups excluding carboxylic acids is 2. The number of likely N-dealkylation sites (N-methyl/N-ethyl adjacent to an activating group) is 1. The fraction of sp³-hybridized carbons (Fsp3) is 0.417. The minimum absolute atomic E-state index is 0.133. The van der Waals surface area contributed by atoms with Gasteiger partial charge in [-0.15, -0.1) is 0 Å². The number of nitrogens with one attached hydrogen (secondary N) is 3. The molecule has 2 amide bonds. The van der Waals surface area contributed by atoms with E-state index in [1.165, 1.54) is 25.1 Å². The van der Waals surface area contributed by atoms with E-state index in [1.54, 1.807) is 43.3 Å². The Morgan fingerprint density at radius 2 is 1.86 bits per heavy atom. The Balaban J connectivity index is 1.88. The van der Waals surface area contributed by atoms with Gasteiger partial charge in [-0.3, -0.25) is 14.3 Å². The highest BCUT2D eigenvalue weighted by Gasteiger charge is 2.23.